The SMILES string of the molecule is CCCn1[nH]c(C(=O)N2CCCC2Cc2nc(-c3ccccn3)no2)c(-c2ccccn2)c1=O. The van der Waals surface area contributed by atoms with Gasteiger partial charge in [-0.25, -0.2) is 0 Å². The van der Waals surface area contributed by atoms with Crippen LogP contribution in [-0.4, -0.2) is 53.3 Å². The van der Waals surface area contributed by atoms with Crippen molar-refractivity contribution in [2.45, 2.75) is 45.2 Å². The van der Waals surface area contributed by atoms with Gasteiger partial charge in [-0.2, -0.15) is 4.98 Å². The smallest absolute Gasteiger partial charge is 0.276 e. The lowest BCUT2D eigenvalue weighted by Crippen LogP contribution is -2.37. The summed E-state index contributed by atoms with van der Waals surface area (Å²) in [4.78, 5) is 41.6. The molecular weight excluding hydrogens is 434 g/mol. The first-order chi connectivity index (χ1) is 16.7. The van der Waals surface area contributed by atoms with E-state index in [-0.39, 0.29) is 23.2 Å². The summed E-state index contributed by atoms with van der Waals surface area (Å²) in [5, 5.41) is 7.08. The zero-order valence-electron chi connectivity index (χ0n) is 18.8. The lowest BCUT2D eigenvalue weighted by molar-refractivity contribution is 0.0725. The number of carbonyl (C=O) groups is 1. The van der Waals surface area contributed by atoms with Gasteiger partial charge in [-0.15, -0.1) is 0 Å². The van der Waals surface area contributed by atoms with Crippen LogP contribution in [-0.2, 0) is 13.0 Å². The van der Waals surface area contributed by atoms with Crippen LogP contribution < -0.4 is 5.56 Å². The van der Waals surface area contributed by atoms with E-state index in [0.717, 1.165) is 19.3 Å². The van der Waals surface area contributed by atoms with Crippen LogP contribution in [0.1, 0.15) is 42.6 Å². The maximum Gasteiger partial charge on any atom is 0.276 e. The van der Waals surface area contributed by atoms with E-state index in [4.69, 9.17) is 4.52 Å². The van der Waals surface area contributed by atoms with Gasteiger partial charge in [-0.1, -0.05) is 24.2 Å². The molecule has 1 amide bonds. The Balaban J connectivity index is 1.42. The Hall–Kier alpha value is -4.08. The second-order valence-electron chi connectivity index (χ2n) is 8.26. The Morgan fingerprint density at radius 1 is 1.15 bits per heavy atom. The van der Waals surface area contributed by atoms with Crippen LogP contribution in [0.5, 0.6) is 0 Å². The maximum atomic E-state index is 13.7. The fraction of sp³-hybridized carbons (Fsp3) is 0.333. The second-order valence-corrected chi connectivity index (χ2v) is 8.26. The molecule has 1 fully saturated rings. The van der Waals surface area contributed by atoms with Gasteiger partial charge in [0.2, 0.25) is 11.7 Å². The van der Waals surface area contributed by atoms with E-state index < -0.39 is 0 Å². The number of nitrogens with zero attached hydrogens (tertiary/aromatic N) is 6. The largest absolute Gasteiger partial charge is 0.339 e. The highest BCUT2D eigenvalue weighted by atomic mass is 16.5. The summed E-state index contributed by atoms with van der Waals surface area (Å²) in [6.07, 6.45) is 6.16. The van der Waals surface area contributed by atoms with Crippen LogP contribution in [0.15, 0.2) is 58.1 Å². The number of aromatic nitrogens is 6. The highest BCUT2D eigenvalue weighted by molar-refractivity contribution is 5.98. The molecule has 1 atom stereocenters. The molecule has 0 radical (unpaired) electrons. The van der Waals surface area contributed by atoms with Gasteiger partial charge in [0.05, 0.1) is 11.3 Å². The molecule has 0 aliphatic carbocycles. The lowest BCUT2D eigenvalue weighted by atomic mass is 10.1. The predicted octanol–water partition coefficient (Wildman–Crippen LogP) is 2.94. The van der Waals surface area contributed by atoms with E-state index in [1.165, 1.54) is 4.68 Å². The van der Waals surface area contributed by atoms with Gasteiger partial charge in [0, 0.05) is 37.9 Å². The summed E-state index contributed by atoms with van der Waals surface area (Å²) in [6.45, 7) is 3.07. The Bertz CT molecular complexity index is 1330. The van der Waals surface area contributed by atoms with Crippen molar-refractivity contribution in [2.75, 3.05) is 6.54 Å². The molecule has 1 aliphatic rings. The van der Waals surface area contributed by atoms with E-state index >= 15 is 0 Å². The van der Waals surface area contributed by atoms with Crippen molar-refractivity contribution >= 4 is 5.91 Å². The first kappa shape index (κ1) is 21.7. The van der Waals surface area contributed by atoms with Crippen molar-refractivity contribution in [2.24, 2.45) is 0 Å². The molecule has 5 rings (SSSR count). The van der Waals surface area contributed by atoms with Gasteiger partial charge in [0.15, 0.2) is 0 Å². The zero-order chi connectivity index (χ0) is 23.5. The molecule has 1 unspecified atom stereocenters. The molecule has 174 valence electrons. The number of hydrogen-bond acceptors (Lipinski definition) is 7. The van der Waals surface area contributed by atoms with Gasteiger partial charge in [-0.3, -0.25) is 29.3 Å². The average molecular weight is 460 g/mol. The summed E-state index contributed by atoms with van der Waals surface area (Å²) in [6, 6.07) is 10.7. The van der Waals surface area contributed by atoms with E-state index in [0.29, 0.717) is 48.2 Å². The summed E-state index contributed by atoms with van der Waals surface area (Å²) in [5.74, 6) is 0.650. The number of rotatable bonds is 7. The van der Waals surface area contributed by atoms with Gasteiger partial charge < -0.3 is 9.42 Å². The molecule has 0 bridgehead atoms. The van der Waals surface area contributed by atoms with Crippen LogP contribution in [0.2, 0.25) is 0 Å². The number of likely N-dealkylation sites (tertiary alicyclic amines) is 1. The minimum absolute atomic E-state index is 0.112. The number of aryl methyl sites for hydroxylation is 1. The van der Waals surface area contributed by atoms with Crippen molar-refractivity contribution in [1.82, 2.24) is 34.8 Å². The lowest BCUT2D eigenvalue weighted by Gasteiger charge is -2.23. The fourth-order valence-electron chi connectivity index (χ4n) is 4.36. The second kappa shape index (κ2) is 9.42. The molecular formula is C24H25N7O3. The average Bonchev–Trinajstić information content (AvgIpc) is 3.60. The van der Waals surface area contributed by atoms with Crippen LogP contribution in [0.4, 0.5) is 0 Å². The molecule has 4 aromatic heterocycles. The molecule has 4 aromatic rings. The third-order valence-electron chi connectivity index (χ3n) is 5.95. The van der Waals surface area contributed by atoms with Crippen LogP contribution in [0.3, 0.4) is 0 Å². The van der Waals surface area contributed by atoms with Crippen molar-refractivity contribution in [3.05, 3.63) is 70.7 Å². The zero-order valence-corrected chi connectivity index (χ0v) is 18.8. The number of pyridine rings is 2. The molecule has 34 heavy (non-hydrogen) atoms. The monoisotopic (exact) mass is 459 g/mol. The summed E-state index contributed by atoms with van der Waals surface area (Å²) < 4.78 is 6.94. The van der Waals surface area contributed by atoms with E-state index in [2.05, 4.69) is 25.2 Å². The maximum absolute atomic E-state index is 13.7. The van der Waals surface area contributed by atoms with Crippen molar-refractivity contribution in [1.29, 1.82) is 0 Å². The number of carbonyl (C=O) groups excluding carboxylic acids is 1. The molecule has 1 N–H and O–H groups in total. The summed E-state index contributed by atoms with van der Waals surface area (Å²) in [7, 11) is 0. The molecule has 0 saturated carbocycles. The van der Waals surface area contributed by atoms with Crippen molar-refractivity contribution in [3.8, 4) is 22.8 Å². The minimum atomic E-state index is -0.239. The van der Waals surface area contributed by atoms with Crippen molar-refractivity contribution < 1.29 is 9.32 Å². The van der Waals surface area contributed by atoms with E-state index in [9.17, 15) is 9.59 Å². The Labute approximate surface area is 195 Å². The van der Waals surface area contributed by atoms with Crippen LogP contribution >= 0.6 is 0 Å². The normalized spacial score (nSPS) is 15.7. The highest BCUT2D eigenvalue weighted by Gasteiger charge is 2.34. The molecule has 5 heterocycles. The van der Waals surface area contributed by atoms with Gasteiger partial charge in [0.1, 0.15) is 11.4 Å². The predicted molar refractivity (Wildman–Crippen MR) is 124 cm³/mol. The van der Waals surface area contributed by atoms with Gasteiger partial charge in [-0.05, 0) is 43.5 Å². The Morgan fingerprint density at radius 3 is 2.62 bits per heavy atom. The molecule has 1 saturated heterocycles. The third-order valence-corrected chi connectivity index (χ3v) is 5.95. The summed E-state index contributed by atoms with van der Waals surface area (Å²) >= 11 is 0. The third kappa shape index (κ3) is 4.14. The first-order valence-electron chi connectivity index (χ1n) is 11.4. The van der Waals surface area contributed by atoms with Gasteiger partial charge in [0.25, 0.3) is 11.5 Å². The quantitative estimate of drug-likeness (QED) is 0.451. The number of H-pyrrole nitrogens is 1. The van der Waals surface area contributed by atoms with Crippen LogP contribution in [0.25, 0.3) is 22.8 Å². The number of nitrogens with one attached hydrogen (secondary N) is 1. The minimum Gasteiger partial charge on any atom is -0.339 e. The number of hydrogen-bond donors (Lipinski definition) is 1. The first-order valence-corrected chi connectivity index (χ1v) is 11.4. The van der Waals surface area contributed by atoms with E-state index in [1.807, 2.05) is 25.1 Å². The molecule has 10 nitrogen and oxygen atoms in total. The topological polar surface area (TPSA) is 123 Å². The highest BCUT2D eigenvalue weighted by Crippen LogP contribution is 2.26. The number of amides is 1. The molecule has 0 aromatic carbocycles. The number of aromatic amines is 1. The fourth-order valence-corrected chi connectivity index (χ4v) is 4.36. The Morgan fingerprint density at radius 2 is 1.91 bits per heavy atom. The Kier molecular flexibility index (Phi) is 6.03. The molecule has 10 heteroatoms. The van der Waals surface area contributed by atoms with Crippen molar-refractivity contribution in [3.63, 3.8) is 0 Å². The van der Waals surface area contributed by atoms with Gasteiger partial charge >= 0.3 is 0 Å². The van der Waals surface area contributed by atoms with Crippen LogP contribution in [0, 0.1) is 0 Å². The molecule has 1 aliphatic heterocycles. The summed E-state index contributed by atoms with van der Waals surface area (Å²) in [5.41, 5.74) is 1.45. The van der Waals surface area contributed by atoms with E-state index in [1.54, 1.807) is 35.5 Å². The molecule has 0 spiro atoms. The standard InChI is InChI=1S/C24H25N7O3/c1-2-13-31-23(32)20(17-9-3-5-11-25-17)21(28-31)24(33)30-14-7-8-16(30)15-19-27-22(29-34-19)18-10-4-6-12-26-18/h3-6,9-12,16,28H,2,7-8,13-15H2,1H3.